The van der Waals surface area contributed by atoms with Crippen molar-refractivity contribution in [3.8, 4) is 0 Å². The second-order valence-corrected chi connectivity index (χ2v) is 8.69. The van der Waals surface area contributed by atoms with E-state index in [0.717, 1.165) is 5.56 Å². The lowest BCUT2D eigenvalue weighted by Gasteiger charge is -2.18. The number of carbonyl (C=O) groups is 1. The number of hydrogen-bond donors (Lipinski definition) is 1. The Morgan fingerprint density at radius 1 is 1.22 bits per heavy atom. The Morgan fingerprint density at radius 2 is 1.89 bits per heavy atom. The molecule has 0 spiro atoms. The summed E-state index contributed by atoms with van der Waals surface area (Å²) < 4.78 is 27.9. The Bertz CT molecular complexity index is 847. The molecule has 0 radical (unpaired) electrons. The largest absolute Gasteiger partial charge is 0.352 e. The van der Waals surface area contributed by atoms with E-state index < -0.39 is 10.0 Å². The first-order valence-electron chi connectivity index (χ1n) is 8.59. The lowest BCUT2D eigenvalue weighted by Crippen LogP contribution is -2.30. The highest BCUT2D eigenvalue weighted by molar-refractivity contribution is 7.99. The van der Waals surface area contributed by atoms with Crippen molar-refractivity contribution in [2.24, 2.45) is 7.05 Å². The zero-order valence-corrected chi connectivity index (χ0v) is 17.3. The Hall–Kier alpha value is -1.98. The molecule has 1 N–H and O–H groups in total. The van der Waals surface area contributed by atoms with Crippen LogP contribution in [0, 0.1) is 0 Å². The highest BCUT2D eigenvalue weighted by Crippen LogP contribution is 2.16. The summed E-state index contributed by atoms with van der Waals surface area (Å²) in [6.07, 6.45) is 0.339. The van der Waals surface area contributed by atoms with E-state index in [1.54, 1.807) is 36.0 Å². The van der Waals surface area contributed by atoms with Gasteiger partial charge in [-0.05, 0) is 28.1 Å². The van der Waals surface area contributed by atoms with Crippen molar-refractivity contribution in [3.63, 3.8) is 0 Å². The first kappa shape index (κ1) is 21.3. The van der Waals surface area contributed by atoms with Crippen LogP contribution in [-0.2, 0) is 28.4 Å². The van der Waals surface area contributed by atoms with Gasteiger partial charge in [-0.25, -0.2) is 13.1 Å². The lowest BCUT2D eigenvalue weighted by atomic mass is 10.2. The van der Waals surface area contributed by atoms with Crippen molar-refractivity contribution in [2.75, 3.05) is 18.8 Å². The molecule has 0 fully saturated rings. The summed E-state index contributed by atoms with van der Waals surface area (Å²) in [4.78, 5) is 12.2. The Morgan fingerprint density at radius 3 is 2.44 bits per heavy atom. The summed E-state index contributed by atoms with van der Waals surface area (Å²) in [7, 11) is -1.72. The number of benzene rings is 1. The number of tetrazole rings is 1. The van der Waals surface area contributed by atoms with E-state index in [1.807, 2.05) is 13.8 Å². The number of rotatable bonds is 10. The van der Waals surface area contributed by atoms with Gasteiger partial charge in [-0.2, -0.15) is 4.31 Å². The van der Waals surface area contributed by atoms with Gasteiger partial charge in [0.05, 0.1) is 4.90 Å². The number of aryl methyl sites for hydroxylation is 1. The van der Waals surface area contributed by atoms with Gasteiger partial charge in [-0.1, -0.05) is 37.7 Å². The SMILES string of the molecule is CCN(CC)S(=O)(=O)c1ccc(CNC(=O)CCSc2nnnn2C)cc1. The molecule has 0 atom stereocenters. The van der Waals surface area contributed by atoms with E-state index in [-0.39, 0.29) is 10.8 Å². The number of amides is 1. The van der Waals surface area contributed by atoms with Gasteiger partial charge in [0.15, 0.2) is 0 Å². The number of sulfonamides is 1. The lowest BCUT2D eigenvalue weighted by molar-refractivity contribution is -0.120. The summed E-state index contributed by atoms with van der Waals surface area (Å²) in [6.45, 7) is 4.83. The molecule has 148 valence electrons. The van der Waals surface area contributed by atoms with Crippen LogP contribution >= 0.6 is 11.8 Å². The summed E-state index contributed by atoms with van der Waals surface area (Å²) >= 11 is 1.41. The van der Waals surface area contributed by atoms with E-state index in [4.69, 9.17) is 0 Å². The molecule has 2 rings (SSSR count). The van der Waals surface area contributed by atoms with Crippen LogP contribution in [-0.4, -0.2) is 57.7 Å². The maximum absolute atomic E-state index is 12.4. The minimum atomic E-state index is -3.46. The smallest absolute Gasteiger partial charge is 0.243 e. The third-order valence-corrected chi connectivity index (χ3v) is 6.97. The average Bonchev–Trinajstić information content (AvgIpc) is 3.06. The van der Waals surface area contributed by atoms with E-state index in [1.165, 1.54) is 16.1 Å². The molecule has 0 aliphatic carbocycles. The molecule has 0 bridgehead atoms. The minimum absolute atomic E-state index is 0.0857. The predicted molar refractivity (Wildman–Crippen MR) is 103 cm³/mol. The van der Waals surface area contributed by atoms with Gasteiger partial charge in [0, 0.05) is 38.9 Å². The van der Waals surface area contributed by atoms with Crippen molar-refractivity contribution in [2.45, 2.75) is 36.9 Å². The van der Waals surface area contributed by atoms with Crippen LogP contribution in [0.3, 0.4) is 0 Å². The van der Waals surface area contributed by atoms with Crippen LogP contribution in [0.1, 0.15) is 25.8 Å². The van der Waals surface area contributed by atoms with Crippen molar-refractivity contribution >= 4 is 27.7 Å². The van der Waals surface area contributed by atoms with Crippen LogP contribution in [0.25, 0.3) is 0 Å². The topological polar surface area (TPSA) is 110 Å². The maximum Gasteiger partial charge on any atom is 0.243 e. The van der Waals surface area contributed by atoms with E-state index in [2.05, 4.69) is 20.8 Å². The average molecular weight is 413 g/mol. The highest BCUT2D eigenvalue weighted by atomic mass is 32.2. The van der Waals surface area contributed by atoms with Gasteiger partial charge in [0.25, 0.3) is 0 Å². The van der Waals surface area contributed by atoms with Crippen molar-refractivity contribution < 1.29 is 13.2 Å². The number of nitrogens with zero attached hydrogens (tertiary/aromatic N) is 5. The second kappa shape index (κ2) is 9.81. The maximum atomic E-state index is 12.4. The van der Waals surface area contributed by atoms with Gasteiger partial charge in [0.2, 0.25) is 21.1 Å². The molecule has 11 heteroatoms. The van der Waals surface area contributed by atoms with E-state index in [0.29, 0.717) is 37.0 Å². The Labute approximate surface area is 163 Å². The molecule has 0 aliphatic rings. The summed E-state index contributed by atoms with van der Waals surface area (Å²) in [5.74, 6) is 0.485. The van der Waals surface area contributed by atoms with Crippen LogP contribution in [0.15, 0.2) is 34.3 Å². The molecule has 1 aromatic heterocycles. The normalized spacial score (nSPS) is 11.7. The molecule has 0 saturated carbocycles. The zero-order chi connectivity index (χ0) is 19.9. The number of aromatic nitrogens is 4. The molecule has 1 heterocycles. The molecule has 0 unspecified atom stereocenters. The molecule has 2 aromatic rings. The van der Waals surface area contributed by atoms with Gasteiger partial charge >= 0.3 is 0 Å². The number of hydrogen-bond acceptors (Lipinski definition) is 7. The van der Waals surface area contributed by atoms with E-state index in [9.17, 15) is 13.2 Å². The molecule has 9 nitrogen and oxygen atoms in total. The van der Waals surface area contributed by atoms with Crippen LogP contribution < -0.4 is 5.32 Å². The Balaban J connectivity index is 1.82. The monoisotopic (exact) mass is 412 g/mol. The van der Waals surface area contributed by atoms with Crippen molar-refractivity contribution in [3.05, 3.63) is 29.8 Å². The van der Waals surface area contributed by atoms with Gasteiger partial charge in [-0.15, -0.1) is 5.10 Å². The molecule has 27 heavy (non-hydrogen) atoms. The fraction of sp³-hybridized carbons (Fsp3) is 0.500. The van der Waals surface area contributed by atoms with Gasteiger partial charge < -0.3 is 5.32 Å². The molecule has 0 saturated heterocycles. The number of nitrogens with one attached hydrogen (secondary N) is 1. The third kappa shape index (κ3) is 5.75. The zero-order valence-electron chi connectivity index (χ0n) is 15.6. The third-order valence-electron chi connectivity index (χ3n) is 3.90. The van der Waals surface area contributed by atoms with Crippen LogP contribution in [0.2, 0.25) is 0 Å². The van der Waals surface area contributed by atoms with Gasteiger partial charge in [0.1, 0.15) is 0 Å². The van der Waals surface area contributed by atoms with Crippen LogP contribution in [0.4, 0.5) is 0 Å². The molecule has 1 amide bonds. The number of carbonyl (C=O) groups excluding carboxylic acids is 1. The van der Waals surface area contributed by atoms with E-state index >= 15 is 0 Å². The first-order valence-corrected chi connectivity index (χ1v) is 11.0. The second-order valence-electron chi connectivity index (χ2n) is 5.69. The molecular weight excluding hydrogens is 388 g/mol. The summed E-state index contributed by atoms with van der Waals surface area (Å²) in [5, 5.41) is 14.6. The Kier molecular flexibility index (Phi) is 7.75. The van der Waals surface area contributed by atoms with Crippen molar-refractivity contribution in [1.82, 2.24) is 29.8 Å². The van der Waals surface area contributed by atoms with Crippen LogP contribution in [0.5, 0.6) is 0 Å². The fourth-order valence-corrected chi connectivity index (χ4v) is 4.61. The fourth-order valence-electron chi connectivity index (χ4n) is 2.36. The predicted octanol–water partition coefficient (Wildman–Crippen LogP) is 1.04. The van der Waals surface area contributed by atoms with Crippen molar-refractivity contribution in [1.29, 1.82) is 0 Å². The standard InChI is InChI=1S/C16H24N6O3S2/c1-4-22(5-2)27(24,25)14-8-6-13(7-9-14)12-17-15(23)10-11-26-16-18-19-20-21(16)3/h6-9H,4-5,10-12H2,1-3H3,(H,17,23). The summed E-state index contributed by atoms with van der Waals surface area (Å²) in [6, 6.07) is 6.59. The number of thioether (sulfide) groups is 1. The molecular formula is C16H24N6O3S2. The quantitative estimate of drug-likeness (QED) is 0.581. The molecule has 0 aliphatic heterocycles. The summed E-state index contributed by atoms with van der Waals surface area (Å²) in [5.41, 5.74) is 0.840. The first-order chi connectivity index (χ1) is 12.9. The van der Waals surface area contributed by atoms with Gasteiger partial charge in [-0.3, -0.25) is 4.79 Å². The highest BCUT2D eigenvalue weighted by Gasteiger charge is 2.21. The molecule has 1 aromatic carbocycles. The minimum Gasteiger partial charge on any atom is -0.352 e.